The van der Waals surface area contributed by atoms with Gasteiger partial charge in [-0.3, -0.25) is 9.71 Å². The summed E-state index contributed by atoms with van der Waals surface area (Å²) in [7, 11) is -2.40. The van der Waals surface area contributed by atoms with Gasteiger partial charge in [0.05, 0.1) is 19.0 Å². The minimum atomic E-state index is -3.83. The molecule has 0 unspecified atom stereocenters. The third kappa shape index (κ3) is 4.05. The highest BCUT2D eigenvalue weighted by atomic mass is 79.9. The van der Waals surface area contributed by atoms with Gasteiger partial charge in [0.15, 0.2) is 0 Å². The Bertz CT molecular complexity index is 1050. The van der Waals surface area contributed by atoms with Crippen LogP contribution in [-0.4, -0.2) is 20.5 Å². The second kappa shape index (κ2) is 7.47. The Kier molecular flexibility index (Phi) is 5.29. The molecule has 0 saturated carbocycles. The number of ether oxygens (including phenoxy) is 1. The molecule has 3 aromatic rings. The molecule has 0 fully saturated rings. The Hall–Kier alpha value is -2.38. The molecule has 0 aliphatic rings. The van der Waals surface area contributed by atoms with Gasteiger partial charge in [-0.2, -0.15) is 0 Å². The summed E-state index contributed by atoms with van der Waals surface area (Å²) in [5.74, 6) is 0.267. The van der Waals surface area contributed by atoms with E-state index in [1.54, 1.807) is 24.4 Å². The van der Waals surface area contributed by atoms with Crippen LogP contribution in [-0.2, 0) is 10.0 Å². The minimum Gasteiger partial charge on any atom is -0.495 e. The van der Waals surface area contributed by atoms with E-state index in [1.807, 2.05) is 31.2 Å². The van der Waals surface area contributed by atoms with Crippen molar-refractivity contribution in [1.82, 2.24) is 4.98 Å². The van der Waals surface area contributed by atoms with Gasteiger partial charge in [-0.15, -0.1) is 0 Å². The normalized spacial score (nSPS) is 11.2. The minimum absolute atomic E-state index is 0.0512. The largest absolute Gasteiger partial charge is 0.495 e. The van der Waals surface area contributed by atoms with Gasteiger partial charge in [-0.1, -0.05) is 45.8 Å². The maximum Gasteiger partial charge on any atom is 0.265 e. The number of hydrogen-bond acceptors (Lipinski definition) is 4. The molecule has 1 N–H and O–H groups in total. The van der Waals surface area contributed by atoms with Gasteiger partial charge in [-0.05, 0) is 36.8 Å². The van der Waals surface area contributed by atoms with Crippen LogP contribution in [0.4, 0.5) is 5.69 Å². The molecular weight excluding hydrogens is 416 g/mol. The van der Waals surface area contributed by atoms with Crippen LogP contribution < -0.4 is 9.46 Å². The Labute approximate surface area is 161 Å². The number of benzene rings is 2. The predicted octanol–water partition coefficient (Wildman–Crippen LogP) is 4.63. The van der Waals surface area contributed by atoms with Crippen molar-refractivity contribution in [3.05, 3.63) is 71.0 Å². The topological polar surface area (TPSA) is 68.3 Å². The van der Waals surface area contributed by atoms with Gasteiger partial charge >= 0.3 is 0 Å². The molecular formula is C19H17BrN2O3S. The summed E-state index contributed by atoms with van der Waals surface area (Å²) in [6.45, 7) is 2.00. The molecule has 2 aromatic carbocycles. The standard InChI is InChI=1S/C19H17BrN2O3S/c1-13-4-3-5-14(8-13)15-9-17(12-21-11-15)22-26(23,24)19-10-16(20)6-7-18(19)25-2/h3-12,22H,1-2H3. The predicted molar refractivity (Wildman–Crippen MR) is 106 cm³/mol. The van der Waals surface area contributed by atoms with Crippen LogP contribution in [0.25, 0.3) is 11.1 Å². The van der Waals surface area contributed by atoms with Crippen LogP contribution in [0.2, 0.25) is 0 Å². The first-order chi connectivity index (χ1) is 12.4. The number of aromatic nitrogens is 1. The number of pyridine rings is 1. The summed E-state index contributed by atoms with van der Waals surface area (Å²) in [6.07, 6.45) is 3.17. The number of nitrogens with one attached hydrogen (secondary N) is 1. The summed E-state index contributed by atoms with van der Waals surface area (Å²) in [5.41, 5.74) is 3.30. The van der Waals surface area contributed by atoms with Gasteiger partial charge in [0.2, 0.25) is 0 Å². The molecule has 0 aliphatic heterocycles. The second-order valence-electron chi connectivity index (χ2n) is 5.73. The van der Waals surface area contributed by atoms with Crippen molar-refractivity contribution in [2.24, 2.45) is 0 Å². The summed E-state index contributed by atoms with van der Waals surface area (Å²) >= 11 is 3.29. The molecule has 5 nitrogen and oxygen atoms in total. The summed E-state index contributed by atoms with van der Waals surface area (Å²) in [6, 6.07) is 14.5. The molecule has 0 radical (unpaired) electrons. The molecule has 0 atom stereocenters. The van der Waals surface area contributed by atoms with Crippen molar-refractivity contribution < 1.29 is 13.2 Å². The summed E-state index contributed by atoms with van der Waals surface area (Å²) in [4.78, 5) is 4.21. The molecule has 0 saturated heterocycles. The third-order valence-corrected chi connectivity index (χ3v) is 5.65. The van der Waals surface area contributed by atoms with Crippen LogP contribution in [0.15, 0.2) is 70.3 Å². The van der Waals surface area contributed by atoms with Crippen molar-refractivity contribution in [1.29, 1.82) is 0 Å². The molecule has 1 aromatic heterocycles. The number of sulfonamides is 1. The number of nitrogens with zero attached hydrogens (tertiary/aromatic N) is 1. The average molecular weight is 433 g/mol. The molecule has 134 valence electrons. The number of rotatable bonds is 5. The smallest absolute Gasteiger partial charge is 0.265 e. The van der Waals surface area contributed by atoms with E-state index in [-0.39, 0.29) is 10.6 Å². The van der Waals surface area contributed by atoms with Crippen molar-refractivity contribution in [2.75, 3.05) is 11.8 Å². The lowest BCUT2D eigenvalue weighted by Gasteiger charge is -2.12. The molecule has 26 heavy (non-hydrogen) atoms. The van der Waals surface area contributed by atoms with Gasteiger partial charge in [0.25, 0.3) is 10.0 Å². The van der Waals surface area contributed by atoms with Crippen molar-refractivity contribution >= 4 is 31.6 Å². The SMILES string of the molecule is COc1ccc(Br)cc1S(=O)(=O)Nc1cncc(-c2cccc(C)c2)c1. The highest BCUT2D eigenvalue weighted by molar-refractivity contribution is 9.10. The van der Waals surface area contributed by atoms with Gasteiger partial charge < -0.3 is 4.74 Å². The molecule has 0 aliphatic carbocycles. The zero-order chi connectivity index (χ0) is 18.7. The Morgan fingerprint density at radius 1 is 1.04 bits per heavy atom. The fourth-order valence-corrected chi connectivity index (χ4v) is 4.29. The molecule has 0 bridgehead atoms. The van der Waals surface area contributed by atoms with E-state index in [9.17, 15) is 8.42 Å². The van der Waals surface area contributed by atoms with Gasteiger partial charge in [0, 0.05) is 16.2 Å². The van der Waals surface area contributed by atoms with Crippen LogP contribution in [0, 0.1) is 6.92 Å². The van der Waals surface area contributed by atoms with E-state index in [1.165, 1.54) is 19.4 Å². The first-order valence-corrected chi connectivity index (χ1v) is 10.0. The highest BCUT2D eigenvalue weighted by Gasteiger charge is 2.20. The summed E-state index contributed by atoms with van der Waals surface area (Å²) in [5, 5.41) is 0. The van der Waals surface area contributed by atoms with Crippen molar-refractivity contribution in [3.8, 4) is 16.9 Å². The van der Waals surface area contributed by atoms with E-state index in [2.05, 4.69) is 25.6 Å². The molecule has 0 spiro atoms. The second-order valence-corrected chi connectivity index (χ2v) is 8.30. The zero-order valence-electron chi connectivity index (χ0n) is 14.2. The molecule has 1 heterocycles. The number of hydrogen-bond donors (Lipinski definition) is 1. The Balaban J connectivity index is 1.96. The Morgan fingerprint density at radius 3 is 2.58 bits per heavy atom. The zero-order valence-corrected chi connectivity index (χ0v) is 16.6. The average Bonchev–Trinajstić information content (AvgIpc) is 2.61. The van der Waals surface area contributed by atoms with Crippen LogP contribution >= 0.6 is 15.9 Å². The number of aryl methyl sites for hydroxylation is 1. The van der Waals surface area contributed by atoms with Crippen LogP contribution in [0.5, 0.6) is 5.75 Å². The lowest BCUT2D eigenvalue weighted by Crippen LogP contribution is -2.14. The lowest BCUT2D eigenvalue weighted by atomic mass is 10.1. The quantitative estimate of drug-likeness (QED) is 0.637. The van der Waals surface area contributed by atoms with Gasteiger partial charge in [-0.25, -0.2) is 8.42 Å². The highest BCUT2D eigenvalue weighted by Crippen LogP contribution is 2.29. The first kappa shape index (κ1) is 18.4. The lowest BCUT2D eigenvalue weighted by molar-refractivity contribution is 0.403. The van der Waals surface area contributed by atoms with E-state index in [0.717, 1.165) is 16.7 Å². The molecule has 7 heteroatoms. The molecule has 0 amide bonds. The molecule has 3 rings (SSSR count). The van der Waals surface area contributed by atoms with E-state index in [0.29, 0.717) is 10.2 Å². The van der Waals surface area contributed by atoms with Crippen LogP contribution in [0.1, 0.15) is 5.56 Å². The number of halogens is 1. The third-order valence-electron chi connectivity index (χ3n) is 3.76. The first-order valence-electron chi connectivity index (χ1n) is 7.77. The number of anilines is 1. The Morgan fingerprint density at radius 2 is 1.85 bits per heavy atom. The van der Waals surface area contributed by atoms with Crippen LogP contribution in [0.3, 0.4) is 0 Å². The fourth-order valence-electron chi connectivity index (χ4n) is 2.55. The van der Waals surface area contributed by atoms with Crippen molar-refractivity contribution in [2.45, 2.75) is 11.8 Å². The number of methoxy groups -OCH3 is 1. The maximum atomic E-state index is 12.8. The van der Waals surface area contributed by atoms with E-state index < -0.39 is 10.0 Å². The maximum absolute atomic E-state index is 12.8. The fraction of sp³-hybridized carbons (Fsp3) is 0.105. The van der Waals surface area contributed by atoms with E-state index in [4.69, 9.17) is 4.74 Å². The summed E-state index contributed by atoms with van der Waals surface area (Å²) < 4.78 is 34.0. The van der Waals surface area contributed by atoms with Crippen molar-refractivity contribution in [3.63, 3.8) is 0 Å². The van der Waals surface area contributed by atoms with Gasteiger partial charge in [0.1, 0.15) is 10.6 Å². The monoisotopic (exact) mass is 432 g/mol. The van der Waals surface area contributed by atoms with E-state index >= 15 is 0 Å².